The van der Waals surface area contributed by atoms with Gasteiger partial charge >= 0.3 is 0 Å². The molecule has 8 heteroatoms. The van der Waals surface area contributed by atoms with Gasteiger partial charge in [-0.15, -0.1) is 11.3 Å². The average Bonchev–Trinajstić information content (AvgIpc) is 3.39. The molecule has 4 aromatic rings. The number of furan rings is 1. The van der Waals surface area contributed by atoms with Crippen molar-refractivity contribution in [1.29, 1.82) is 0 Å². The van der Waals surface area contributed by atoms with Gasteiger partial charge in [0.15, 0.2) is 10.8 Å². The first-order chi connectivity index (χ1) is 14.5. The molecule has 1 atom stereocenters. The Morgan fingerprint density at radius 2 is 1.87 bits per heavy atom. The highest BCUT2D eigenvalue weighted by atomic mass is 35.5. The van der Waals surface area contributed by atoms with Crippen LogP contribution >= 0.6 is 22.9 Å². The molecule has 2 heterocycles. The van der Waals surface area contributed by atoms with E-state index in [1.165, 1.54) is 0 Å². The molecule has 0 bridgehead atoms. The summed E-state index contributed by atoms with van der Waals surface area (Å²) in [5, 5.41) is 6.77. The maximum Gasteiger partial charge on any atom is 0.251 e. The van der Waals surface area contributed by atoms with Gasteiger partial charge in [-0.25, -0.2) is 4.98 Å². The molecule has 0 spiro atoms. The number of thiazole rings is 1. The average molecular weight is 440 g/mol. The highest BCUT2D eigenvalue weighted by Crippen LogP contribution is 2.31. The van der Waals surface area contributed by atoms with Gasteiger partial charge in [0, 0.05) is 10.6 Å². The molecule has 2 aromatic carbocycles. The molecule has 0 aliphatic heterocycles. The molecule has 2 aromatic heterocycles. The van der Waals surface area contributed by atoms with Crippen molar-refractivity contribution in [3.8, 4) is 10.8 Å². The summed E-state index contributed by atoms with van der Waals surface area (Å²) in [6, 6.07) is 17.3. The van der Waals surface area contributed by atoms with Crippen LogP contribution in [0.2, 0.25) is 5.02 Å². The number of carbonyl (C=O) groups is 2. The summed E-state index contributed by atoms with van der Waals surface area (Å²) in [5.41, 5.74) is 1.36. The number of amides is 2. The van der Waals surface area contributed by atoms with E-state index in [2.05, 4.69) is 15.6 Å². The molecule has 0 saturated carbocycles. The van der Waals surface area contributed by atoms with Crippen LogP contribution in [0, 0.1) is 0 Å². The van der Waals surface area contributed by atoms with Crippen LogP contribution in [0.3, 0.4) is 0 Å². The van der Waals surface area contributed by atoms with Gasteiger partial charge in [0.05, 0.1) is 16.8 Å². The minimum absolute atomic E-state index is 0.213. The number of aromatic nitrogens is 1. The lowest BCUT2D eigenvalue weighted by molar-refractivity contribution is -0.122. The van der Waals surface area contributed by atoms with Gasteiger partial charge in [-0.05, 0) is 55.5 Å². The second-order valence-electron chi connectivity index (χ2n) is 6.67. The molecule has 30 heavy (non-hydrogen) atoms. The molecule has 0 fully saturated rings. The zero-order valence-electron chi connectivity index (χ0n) is 16.0. The molecule has 152 valence electrons. The van der Waals surface area contributed by atoms with Crippen molar-refractivity contribution < 1.29 is 14.0 Å². The Bertz CT molecular complexity index is 1170. The van der Waals surface area contributed by atoms with Crippen molar-refractivity contribution in [2.45, 2.75) is 19.5 Å². The van der Waals surface area contributed by atoms with Crippen LogP contribution in [0.1, 0.15) is 23.0 Å². The first kappa shape index (κ1) is 20.1. The van der Waals surface area contributed by atoms with Crippen LogP contribution < -0.4 is 10.6 Å². The standard InChI is InChI=1S/C22H18ClN3O3S/c1-13(25-21(28)14-6-8-15(23)9-7-14)20(27)24-12-16-10-11-18(29-16)22-26-17-4-2-3-5-19(17)30-22/h2-11,13H,12H2,1H3,(H,24,27)(H,25,28). The topological polar surface area (TPSA) is 84.2 Å². The zero-order valence-corrected chi connectivity index (χ0v) is 17.6. The molecule has 6 nitrogen and oxygen atoms in total. The van der Waals surface area contributed by atoms with Crippen LogP contribution in [0.5, 0.6) is 0 Å². The maximum absolute atomic E-state index is 12.3. The van der Waals surface area contributed by atoms with Crippen molar-refractivity contribution in [3.63, 3.8) is 0 Å². The quantitative estimate of drug-likeness (QED) is 0.458. The second kappa shape index (κ2) is 8.69. The summed E-state index contributed by atoms with van der Waals surface area (Å²) >= 11 is 7.38. The third kappa shape index (κ3) is 4.53. The van der Waals surface area contributed by atoms with Gasteiger partial charge in [-0.3, -0.25) is 9.59 Å². The van der Waals surface area contributed by atoms with Gasteiger partial charge in [-0.2, -0.15) is 0 Å². The molecule has 4 rings (SSSR count). The Morgan fingerprint density at radius 3 is 2.63 bits per heavy atom. The van der Waals surface area contributed by atoms with Gasteiger partial charge in [-0.1, -0.05) is 23.7 Å². The lowest BCUT2D eigenvalue weighted by Gasteiger charge is -2.13. The fourth-order valence-corrected chi connectivity index (χ4v) is 3.89. The Morgan fingerprint density at radius 1 is 1.10 bits per heavy atom. The van der Waals surface area contributed by atoms with E-state index in [1.54, 1.807) is 48.6 Å². The predicted molar refractivity (Wildman–Crippen MR) is 118 cm³/mol. The summed E-state index contributed by atoms with van der Waals surface area (Å²) in [7, 11) is 0. The zero-order chi connectivity index (χ0) is 21.1. The molecular weight excluding hydrogens is 422 g/mol. The fourth-order valence-electron chi connectivity index (χ4n) is 2.84. The number of para-hydroxylation sites is 1. The number of rotatable bonds is 6. The van der Waals surface area contributed by atoms with Gasteiger partial charge in [0.25, 0.3) is 5.91 Å². The van der Waals surface area contributed by atoms with Crippen LogP contribution in [0.4, 0.5) is 0 Å². The highest BCUT2D eigenvalue weighted by Gasteiger charge is 2.17. The number of carbonyl (C=O) groups excluding carboxylic acids is 2. The minimum atomic E-state index is -0.702. The largest absolute Gasteiger partial charge is 0.457 e. The number of benzene rings is 2. The maximum atomic E-state index is 12.3. The Balaban J connectivity index is 1.33. The molecule has 2 N–H and O–H groups in total. The van der Waals surface area contributed by atoms with Crippen LogP contribution in [0.15, 0.2) is 65.1 Å². The monoisotopic (exact) mass is 439 g/mol. The van der Waals surface area contributed by atoms with E-state index in [0.717, 1.165) is 15.2 Å². The van der Waals surface area contributed by atoms with E-state index in [-0.39, 0.29) is 18.4 Å². The highest BCUT2D eigenvalue weighted by molar-refractivity contribution is 7.21. The van der Waals surface area contributed by atoms with E-state index < -0.39 is 6.04 Å². The lowest BCUT2D eigenvalue weighted by atomic mass is 10.2. The van der Waals surface area contributed by atoms with Crippen molar-refractivity contribution in [3.05, 3.63) is 77.0 Å². The molecule has 1 unspecified atom stereocenters. The van der Waals surface area contributed by atoms with Crippen LogP contribution in [-0.2, 0) is 11.3 Å². The molecule has 2 amide bonds. The van der Waals surface area contributed by atoms with E-state index in [9.17, 15) is 9.59 Å². The fraction of sp³-hybridized carbons (Fsp3) is 0.136. The van der Waals surface area contributed by atoms with Gasteiger partial charge in [0.1, 0.15) is 11.8 Å². The van der Waals surface area contributed by atoms with Crippen molar-refractivity contribution in [1.82, 2.24) is 15.6 Å². The normalized spacial score (nSPS) is 11.9. The third-order valence-corrected chi connectivity index (χ3v) is 5.75. The molecule has 0 aliphatic rings. The van der Waals surface area contributed by atoms with E-state index >= 15 is 0 Å². The van der Waals surface area contributed by atoms with Crippen molar-refractivity contribution >= 4 is 45.0 Å². The smallest absolute Gasteiger partial charge is 0.251 e. The molecule has 0 saturated heterocycles. The second-order valence-corrected chi connectivity index (χ2v) is 8.14. The van der Waals surface area contributed by atoms with Crippen LogP contribution in [-0.4, -0.2) is 22.8 Å². The van der Waals surface area contributed by atoms with E-state index in [1.807, 2.05) is 30.3 Å². The summed E-state index contributed by atoms with van der Waals surface area (Å²) < 4.78 is 6.91. The van der Waals surface area contributed by atoms with Crippen LogP contribution in [0.25, 0.3) is 21.0 Å². The summed E-state index contributed by atoms with van der Waals surface area (Å²) in [5.74, 6) is 0.610. The van der Waals surface area contributed by atoms with Crippen molar-refractivity contribution in [2.75, 3.05) is 0 Å². The number of hydrogen-bond acceptors (Lipinski definition) is 5. The molecular formula is C22H18ClN3O3S. The third-order valence-electron chi connectivity index (χ3n) is 4.45. The van der Waals surface area contributed by atoms with Gasteiger partial charge in [0.2, 0.25) is 5.91 Å². The van der Waals surface area contributed by atoms with E-state index in [4.69, 9.17) is 16.0 Å². The summed E-state index contributed by atoms with van der Waals surface area (Å²) in [6.07, 6.45) is 0. The number of nitrogens with zero attached hydrogens (tertiary/aromatic N) is 1. The number of nitrogens with one attached hydrogen (secondary N) is 2. The summed E-state index contributed by atoms with van der Waals surface area (Å²) in [4.78, 5) is 29.1. The minimum Gasteiger partial charge on any atom is -0.457 e. The Labute approximate surface area is 181 Å². The SMILES string of the molecule is CC(NC(=O)c1ccc(Cl)cc1)C(=O)NCc1ccc(-c2nc3ccccc3s2)o1. The first-order valence-corrected chi connectivity index (χ1v) is 10.5. The molecule has 0 aliphatic carbocycles. The Kier molecular flexibility index (Phi) is 5.83. The van der Waals surface area contributed by atoms with Crippen molar-refractivity contribution in [2.24, 2.45) is 0 Å². The first-order valence-electron chi connectivity index (χ1n) is 9.28. The summed E-state index contributed by atoms with van der Waals surface area (Å²) in [6.45, 7) is 1.84. The number of halogens is 1. The predicted octanol–water partition coefficient (Wildman–Crippen LogP) is 4.64. The molecule has 0 radical (unpaired) electrons. The number of fused-ring (bicyclic) bond motifs is 1. The Hall–Kier alpha value is -3.16. The lowest BCUT2D eigenvalue weighted by Crippen LogP contribution is -2.44. The van der Waals surface area contributed by atoms with Gasteiger partial charge < -0.3 is 15.1 Å². The number of hydrogen-bond donors (Lipinski definition) is 2. The van der Waals surface area contributed by atoms with E-state index in [0.29, 0.717) is 22.1 Å².